The predicted molar refractivity (Wildman–Crippen MR) is 136 cm³/mol. The third-order valence-corrected chi connectivity index (χ3v) is 6.70. The number of hydrogen-bond acceptors (Lipinski definition) is 5. The molecule has 0 aliphatic carbocycles. The zero-order chi connectivity index (χ0) is 23.3. The number of benzene rings is 2. The summed E-state index contributed by atoms with van der Waals surface area (Å²) >= 11 is 7.65. The van der Waals surface area contributed by atoms with Crippen LogP contribution in [0, 0.1) is 0 Å². The van der Waals surface area contributed by atoms with Crippen LogP contribution in [0.1, 0.15) is 36.8 Å². The molecule has 1 aromatic heterocycles. The topological polar surface area (TPSA) is 67.8 Å². The summed E-state index contributed by atoms with van der Waals surface area (Å²) in [6.07, 6.45) is 5.01. The van der Waals surface area contributed by atoms with Crippen molar-refractivity contribution in [1.82, 2.24) is 5.32 Å². The van der Waals surface area contributed by atoms with E-state index in [1.54, 1.807) is 11.3 Å². The maximum absolute atomic E-state index is 10.5. The van der Waals surface area contributed by atoms with E-state index >= 15 is 0 Å². The van der Waals surface area contributed by atoms with E-state index in [2.05, 4.69) is 57.7 Å². The third-order valence-electron chi connectivity index (χ3n) is 5.14. The van der Waals surface area contributed by atoms with Crippen molar-refractivity contribution in [3.63, 3.8) is 0 Å². The Balaban J connectivity index is 1.45. The summed E-state index contributed by atoms with van der Waals surface area (Å²) in [5, 5.41) is 6.21. The minimum Gasteiger partial charge on any atom is -0.493 e. The molecule has 2 aromatic carbocycles. The van der Waals surface area contributed by atoms with E-state index in [4.69, 9.17) is 21.2 Å². The zero-order valence-corrected chi connectivity index (χ0v) is 21.0. The van der Waals surface area contributed by atoms with Crippen molar-refractivity contribution in [2.45, 2.75) is 38.6 Å². The van der Waals surface area contributed by atoms with E-state index in [0.717, 1.165) is 42.0 Å². The Morgan fingerprint density at radius 2 is 1.79 bits per heavy atom. The van der Waals surface area contributed by atoms with Crippen molar-refractivity contribution in [2.75, 3.05) is 19.8 Å². The lowest BCUT2D eigenvalue weighted by Crippen LogP contribution is -2.16. The highest BCUT2D eigenvalue weighted by molar-refractivity contribution is 7.32. The van der Waals surface area contributed by atoms with Crippen LogP contribution in [0.3, 0.4) is 0 Å². The molecule has 1 heterocycles. The monoisotopic (exact) mass is 506 g/mol. The van der Waals surface area contributed by atoms with E-state index in [-0.39, 0.29) is 6.61 Å². The molecule has 1 atom stereocenters. The normalized spacial score (nSPS) is 11.5. The lowest BCUT2D eigenvalue weighted by Gasteiger charge is -2.13. The lowest BCUT2D eigenvalue weighted by atomic mass is 10.1. The minimum absolute atomic E-state index is 0.269. The number of ether oxygens (including phenoxy) is 1. The summed E-state index contributed by atoms with van der Waals surface area (Å²) < 4.78 is 21.4. The molecule has 1 unspecified atom stereocenters. The summed E-state index contributed by atoms with van der Waals surface area (Å²) in [6, 6.07) is 18.6. The summed E-state index contributed by atoms with van der Waals surface area (Å²) in [5.74, 6) is 0.916. The standard InChI is InChI=1S/C25H29ClNO4PS/c26-22-11-8-20(9-12-22)6-2-1-3-15-30-24-13-10-21(18-23(24)25-7-4-17-33-25)19-27-14-5-16-31-32(28)29/h4,7-13,17-18,27H,1-3,5-6,14-16,19H2/p+1. The largest absolute Gasteiger partial charge is 0.694 e. The molecule has 3 rings (SSSR count). The fourth-order valence-electron chi connectivity index (χ4n) is 3.45. The Hall–Kier alpha value is -1.79. The van der Waals surface area contributed by atoms with Crippen molar-refractivity contribution in [3.05, 3.63) is 76.1 Å². The van der Waals surface area contributed by atoms with E-state index in [0.29, 0.717) is 26.1 Å². The molecular weight excluding hydrogens is 477 g/mol. The first-order valence-electron chi connectivity index (χ1n) is 11.2. The molecule has 3 aromatic rings. The van der Waals surface area contributed by atoms with Crippen LogP contribution >= 0.6 is 31.2 Å². The molecule has 2 N–H and O–H groups in total. The van der Waals surface area contributed by atoms with Gasteiger partial charge in [0.25, 0.3) is 0 Å². The van der Waals surface area contributed by atoms with Gasteiger partial charge >= 0.3 is 8.25 Å². The minimum atomic E-state index is -2.51. The number of unbranched alkanes of at least 4 members (excludes halogenated alkanes) is 2. The van der Waals surface area contributed by atoms with Crippen molar-refractivity contribution < 1.29 is 18.7 Å². The highest BCUT2D eigenvalue weighted by atomic mass is 35.5. The van der Waals surface area contributed by atoms with Crippen LogP contribution in [0.5, 0.6) is 5.75 Å². The van der Waals surface area contributed by atoms with Crippen LogP contribution in [-0.4, -0.2) is 24.7 Å². The number of halogens is 1. The molecule has 5 nitrogen and oxygen atoms in total. The molecule has 33 heavy (non-hydrogen) atoms. The van der Waals surface area contributed by atoms with Crippen molar-refractivity contribution in [2.24, 2.45) is 0 Å². The van der Waals surface area contributed by atoms with Crippen molar-refractivity contribution in [1.29, 1.82) is 0 Å². The second-order valence-corrected chi connectivity index (χ2v) is 9.81. The number of hydrogen-bond donors (Lipinski definition) is 2. The predicted octanol–water partition coefficient (Wildman–Crippen LogP) is 7.01. The summed E-state index contributed by atoms with van der Waals surface area (Å²) in [5.41, 5.74) is 3.61. The van der Waals surface area contributed by atoms with Crippen LogP contribution in [0.25, 0.3) is 10.4 Å². The van der Waals surface area contributed by atoms with Crippen LogP contribution < -0.4 is 10.1 Å². The maximum atomic E-state index is 10.5. The van der Waals surface area contributed by atoms with E-state index in [1.165, 1.54) is 16.0 Å². The van der Waals surface area contributed by atoms with E-state index in [9.17, 15) is 4.57 Å². The van der Waals surface area contributed by atoms with Gasteiger partial charge in [0.1, 0.15) is 12.4 Å². The Morgan fingerprint density at radius 1 is 0.970 bits per heavy atom. The molecule has 8 heteroatoms. The Labute approximate surface area is 205 Å². The van der Waals surface area contributed by atoms with Gasteiger partial charge in [0.2, 0.25) is 0 Å². The molecule has 0 radical (unpaired) electrons. The lowest BCUT2D eigenvalue weighted by molar-refractivity contribution is 0.276. The van der Waals surface area contributed by atoms with Crippen LogP contribution in [0.15, 0.2) is 60.0 Å². The first-order chi connectivity index (χ1) is 16.1. The van der Waals surface area contributed by atoms with E-state index < -0.39 is 8.25 Å². The second kappa shape index (κ2) is 14.5. The summed E-state index contributed by atoms with van der Waals surface area (Å²) in [7, 11) is -2.51. The fraction of sp³-hybridized carbons (Fsp3) is 0.360. The zero-order valence-electron chi connectivity index (χ0n) is 18.5. The highest BCUT2D eigenvalue weighted by Gasteiger charge is 2.11. The summed E-state index contributed by atoms with van der Waals surface area (Å²) in [4.78, 5) is 9.83. The first kappa shape index (κ1) is 25.8. The fourth-order valence-corrected chi connectivity index (χ4v) is 4.61. The third kappa shape index (κ3) is 9.54. The molecule has 0 bridgehead atoms. The number of thiophene rings is 1. The van der Waals surface area contributed by atoms with Gasteiger partial charge in [-0.3, -0.25) is 0 Å². The van der Waals surface area contributed by atoms with Crippen molar-refractivity contribution in [3.8, 4) is 16.2 Å². The second-order valence-electron chi connectivity index (χ2n) is 7.69. The van der Waals surface area contributed by atoms with Gasteiger partial charge in [0, 0.05) is 26.6 Å². The average Bonchev–Trinajstić information content (AvgIpc) is 3.35. The average molecular weight is 507 g/mol. The van der Waals surface area contributed by atoms with Gasteiger partial charge in [0.15, 0.2) is 0 Å². The van der Waals surface area contributed by atoms with Gasteiger partial charge in [-0.25, -0.2) is 0 Å². The van der Waals surface area contributed by atoms with Crippen LogP contribution in [0.2, 0.25) is 5.02 Å². The number of rotatable bonds is 15. The van der Waals surface area contributed by atoms with Gasteiger partial charge in [-0.15, -0.1) is 20.8 Å². The van der Waals surface area contributed by atoms with Gasteiger partial charge in [0.05, 0.1) is 6.61 Å². The highest BCUT2D eigenvalue weighted by Crippen LogP contribution is 2.34. The van der Waals surface area contributed by atoms with Crippen LogP contribution in [-0.2, 0) is 22.1 Å². The van der Waals surface area contributed by atoms with Crippen LogP contribution in [0.4, 0.5) is 0 Å². The molecule has 0 aliphatic rings. The van der Waals surface area contributed by atoms with Gasteiger partial charge in [-0.05, 0) is 85.5 Å². The Morgan fingerprint density at radius 3 is 2.55 bits per heavy atom. The van der Waals surface area contributed by atoms with Gasteiger partial charge in [-0.2, -0.15) is 0 Å². The molecule has 0 fully saturated rings. The Bertz CT molecular complexity index is 983. The molecule has 0 saturated carbocycles. The Kier molecular flexibility index (Phi) is 11.3. The SMILES string of the molecule is O=[P+](O)OCCCNCc1ccc(OCCCCCc2ccc(Cl)cc2)c(-c2cccs2)c1. The summed E-state index contributed by atoms with van der Waals surface area (Å²) in [6.45, 7) is 2.40. The number of aryl methyl sites for hydroxylation is 1. The molecule has 0 aliphatic heterocycles. The molecule has 176 valence electrons. The smallest absolute Gasteiger partial charge is 0.493 e. The molecule has 0 saturated heterocycles. The maximum Gasteiger partial charge on any atom is 0.694 e. The number of nitrogens with one attached hydrogen (secondary N) is 1. The van der Waals surface area contributed by atoms with Crippen molar-refractivity contribution >= 4 is 31.2 Å². The molecule has 0 amide bonds. The quantitative estimate of drug-likeness (QED) is 0.171. The first-order valence-corrected chi connectivity index (χ1v) is 13.5. The molecular formula is C25H30ClNO4PS+. The van der Waals surface area contributed by atoms with Gasteiger partial charge < -0.3 is 10.1 Å². The van der Waals surface area contributed by atoms with Gasteiger partial charge in [-0.1, -0.05) is 35.9 Å². The van der Waals surface area contributed by atoms with E-state index in [1.807, 2.05) is 12.1 Å². The molecule has 0 spiro atoms.